The topological polar surface area (TPSA) is 61.4 Å². The molecule has 142 valence electrons. The zero-order chi connectivity index (χ0) is 19.2. The van der Waals surface area contributed by atoms with Gasteiger partial charge < -0.3 is 10.6 Å². The summed E-state index contributed by atoms with van der Waals surface area (Å²) in [5.74, 6) is -2.35. The summed E-state index contributed by atoms with van der Waals surface area (Å²) >= 11 is 0. The fraction of sp³-hybridized carbons (Fsp3) is 0.300. The number of rotatable bonds is 5. The van der Waals surface area contributed by atoms with Crippen LogP contribution in [0.4, 0.5) is 20.2 Å². The highest BCUT2D eigenvalue weighted by Gasteiger charge is 2.26. The molecule has 0 aromatic heterocycles. The zero-order valence-electron chi connectivity index (χ0n) is 14.8. The second kappa shape index (κ2) is 8.73. The van der Waals surface area contributed by atoms with Crippen molar-refractivity contribution >= 4 is 23.2 Å². The Morgan fingerprint density at radius 2 is 1.63 bits per heavy atom. The van der Waals surface area contributed by atoms with Gasteiger partial charge in [0.15, 0.2) is 11.6 Å². The van der Waals surface area contributed by atoms with Crippen molar-refractivity contribution in [3.05, 3.63) is 60.2 Å². The van der Waals surface area contributed by atoms with E-state index in [4.69, 9.17) is 0 Å². The second-order valence-corrected chi connectivity index (χ2v) is 6.58. The molecule has 5 nitrogen and oxygen atoms in total. The molecule has 2 N–H and O–H groups in total. The van der Waals surface area contributed by atoms with E-state index in [0.29, 0.717) is 25.9 Å². The van der Waals surface area contributed by atoms with Gasteiger partial charge in [-0.2, -0.15) is 0 Å². The lowest BCUT2D eigenvalue weighted by Crippen LogP contribution is -2.41. The van der Waals surface area contributed by atoms with Gasteiger partial charge in [0.2, 0.25) is 11.8 Å². The van der Waals surface area contributed by atoms with E-state index in [1.807, 2.05) is 35.2 Å². The lowest BCUT2D eigenvalue weighted by atomic mass is 9.96. The van der Waals surface area contributed by atoms with Crippen LogP contribution in [0.5, 0.6) is 0 Å². The van der Waals surface area contributed by atoms with E-state index in [1.165, 1.54) is 6.07 Å². The van der Waals surface area contributed by atoms with Gasteiger partial charge in [0.05, 0.1) is 6.54 Å². The van der Waals surface area contributed by atoms with Gasteiger partial charge in [0.25, 0.3) is 0 Å². The average molecular weight is 373 g/mol. The Hall–Kier alpha value is -2.80. The quantitative estimate of drug-likeness (QED) is 0.846. The van der Waals surface area contributed by atoms with Gasteiger partial charge in [-0.25, -0.2) is 8.78 Å². The van der Waals surface area contributed by atoms with Crippen LogP contribution in [-0.2, 0) is 9.59 Å². The molecule has 27 heavy (non-hydrogen) atoms. The van der Waals surface area contributed by atoms with Crippen LogP contribution in [0.3, 0.4) is 0 Å². The van der Waals surface area contributed by atoms with Gasteiger partial charge in [-0.1, -0.05) is 18.2 Å². The van der Waals surface area contributed by atoms with Gasteiger partial charge in [0, 0.05) is 23.4 Å². The minimum absolute atomic E-state index is 0.00733. The maximum absolute atomic E-state index is 13.2. The van der Waals surface area contributed by atoms with E-state index in [1.54, 1.807) is 0 Å². The molecule has 0 atom stereocenters. The first kappa shape index (κ1) is 19.0. The third kappa shape index (κ3) is 5.34. The number of carbonyl (C=O) groups excluding carboxylic acids is 2. The van der Waals surface area contributed by atoms with Crippen LogP contribution in [0, 0.1) is 17.6 Å². The fourth-order valence-corrected chi connectivity index (χ4v) is 3.10. The van der Waals surface area contributed by atoms with Crippen LogP contribution in [0.1, 0.15) is 12.8 Å². The maximum Gasteiger partial charge on any atom is 0.238 e. The fourth-order valence-electron chi connectivity index (χ4n) is 3.10. The smallest absolute Gasteiger partial charge is 0.238 e. The summed E-state index contributed by atoms with van der Waals surface area (Å²) < 4.78 is 26.1. The van der Waals surface area contributed by atoms with Crippen LogP contribution in [0.25, 0.3) is 0 Å². The molecule has 3 rings (SSSR count). The van der Waals surface area contributed by atoms with Crippen molar-refractivity contribution in [3.8, 4) is 0 Å². The number of anilines is 2. The summed E-state index contributed by atoms with van der Waals surface area (Å²) in [6, 6.07) is 12.5. The number of carbonyl (C=O) groups is 2. The summed E-state index contributed by atoms with van der Waals surface area (Å²) in [5, 5.41) is 5.46. The van der Waals surface area contributed by atoms with E-state index < -0.39 is 11.6 Å². The van der Waals surface area contributed by atoms with Crippen molar-refractivity contribution in [2.24, 2.45) is 5.92 Å². The molecule has 1 aliphatic rings. The van der Waals surface area contributed by atoms with E-state index in [9.17, 15) is 18.4 Å². The molecule has 1 fully saturated rings. The summed E-state index contributed by atoms with van der Waals surface area (Å²) in [6.07, 6.45) is 1.33. The molecule has 0 saturated carbocycles. The van der Waals surface area contributed by atoms with E-state index in [0.717, 1.165) is 17.8 Å². The third-order valence-electron chi connectivity index (χ3n) is 4.57. The van der Waals surface area contributed by atoms with Gasteiger partial charge >= 0.3 is 0 Å². The second-order valence-electron chi connectivity index (χ2n) is 6.58. The summed E-state index contributed by atoms with van der Waals surface area (Å²) in [7, 11) is 0. The molecule has 2 amide bonds. The Balaban J connectivity index is 1.44. The molecule has 0 unspecified atom stereocenters. The number of para-hydroxylation sites is 1. The van der Waals surface area contributed by atoms with E-state index in [-0.39, 0.29) is 30.0 Å². The largest absolute Gasteiger partial charge is 0.326 e. The monoisotopic (exact) mass is 373 g/mol. The molecule has 0 radical (unpaired) electrons. The van der Waals surface area contributed by atoms with E-state index >= 15 is 0 Å². The Morgan fingerprint density at radius 1 is 0.926 bits per heavy atom. The number of halogens is 2. The van der Waals surface area contributed by atoms with Gasteiger partial charge in [-0.15, -0.1) is 0 Å². The van der Waals surface area contributed by atoms with Crippen LogP contribution < -0.4 is 10.6 Å². The number of hydrogen-bond acceptors (Lipinski definition) is 3. The number of likely N-dealkylation sites (tertiary alicyclic amines) is 1. The Bertz CT molecular complexity index is 806. The Kier molecular flexibility index (Phi) is 6.13. The highest BCUT2D eigenvalue weighted by Crippen LogP contribution is 2.20. The number of nitrogens with zero attached hydrogens (tertiary/aromatic N) is 1. The number of benzene rings is 2. The van der Waals surface area contributed by atoms with Crippen molar-refractivity contribution in [1.82, 2.24) is 4.90 Å². The minimum Gasteiger partial charge on any atom is -0.326 e. The molecule has 2 aromatic carbocycles. The molecular weight excluding hydrogens is 352 g/mol. The molecular formula is C20H21F2N3O2. The third-order valence-corrected chi connectivity index (χ3v) is 4.57. The minimum atomic E-state index is -1.00. The summed E-state index contributed by atoms with van der Waals surface area (Å²) in [6.45, 7) is 1.39. The molecule has 0 bridgehead atoms. The SMILES string of the molecule is O=C(CN1CCC(C(=O)Nc2ccccc2)CC1)Nc1ccc(F)c(F)c1. The van der Waals surface area contributed by atoms with Crippen molar-refractivity contribution in [2.75, 3.05) is 30.3 Å². The molecule has 1 aliphatic heterocycles. The molecule has 0 aliphatic carbocycles. The van der Waals surface area contributed by atoms with Crippen molar-refractivity contribution in [1.29, 1.82) is 0 Å². The van der Waals surface area contributed by atoms with Gasteiger partial charge in [-0.05, 0) is 50.2 Å². The van der Waals surface area contributed by atoms with Crippen molar-refractivity contribution in [2.45, 2.75) is 12.8 Å². The molecule has 1 heterocycles. The number of nitrogens with one attached hydrogen (secondary N) is 2. The molecule has 1 saturated heterocycles. The number of amides is 2. The first-order valence-corrected chi connectivity index (χ1v) is 8.84. The summed E-state index contributed by atoms with van der Waals surface area (Å²) in [4.78, 5) is 26.4. The normalized spacial score (nSPS) is 15.3. The lowest BCUT2D eigenvalue weighted by Gasteiger charge is -2.30. The van der Waals surface area contributed by atoms with Crippen LogP contribution >= 0.6 is 0 Å². The van der Waals surface area contributed by atoms with Gasteiger partial charge in [-0.3, -0.25) is 14.5 Å². The predicted octanol–water partition coefficient (Wildman–Crippen LogP) is 3.25. The van der Waals surface area contributed by atoms with Crippen LogP contribution in [-0.4, -0.2) is 36.3 Å². The lowest BCUT2D eigenvalue weighted by molar-refractivity contribution is -0.121. The number of piperidine rings is 1. The van der Waals surface area contributed by atoms with Gasteiger partial charge in [0.1, 0.15) is 0 Å². The highest BCUT2D eigenvalue weighted by molar-refractivity contribution is 5.93. The van der Waals surface area contributed by atoms with Crippen LogP contribution in [0.15, 0.2) is 48.5 Å². The van der Waals surface area contributed by atoms with Crippen molar-refractivity contribution in [3.63, 3.8) is 0 Å². The molecule has 0 spiro atoms. The first-order chi connectivity index (χ1) is 13.0. The zero-order valence-corrected chi connectivity index (χ0v) is 14.8. The number of hydrogen-bond donors (Lipinski definition) is 2. The predicted molar refractivity (Wildman–Crippen MR) is 99.2 cm³/mol. The summed E-state index contributed by atoms with van der Waals surface area (Å²) in [5.41, 5.74) is 0.992. The Labute approximate surface area is 156 Å². The molecule has 7 heteroatoms. The highest BCUT2D eigenvalue weighted by atomic mass is 19.2. The van der Waals surface area contributed by atoms with Crippen molar-refractivity contribution < 1.29 is 18.4 Å². The standard InChI is InChI=1S/C20H21F2N3O2/c21-17-7-6-16(12-18(17)22)23-19(26)13-25-10-8-14(9-11-25)20(27)24-15-4-2-1-3-5-15/h1-7,12,14H,8-11,13H2,(H,23,26)(H,24,27). The average Bonchev–Trinajstić information content (AvgIpc) is 2.66. The molecule has 2 aromatic rings. The van der Waals surface area contributed by atoms with Crippen LogP contribution in [0.2, 0.25) is 0 Å². The Morgan fingerprint density at radius 3 is 2.30 bits per heavy atom. The van der Waals surface area contributed by atoms with E-state index in [2.05, 4.69) is 10.6 Å². The first-order valence-electron chi connectivity index (χ1n) is 8.84. The maximum atomic E-state index is 13.2.